The Morgan fingerprint density at radius 1 is 1.19 bits per heavy atom. The second-order valence-electron chi connectivity index (χ2n) is 6.37. The van der Waals surface area contributed by atoms with Gasteiger partial charge in [-0.3, -0.25) is 4.79 Å². The van der Waals surface area contributed by atoms with E-state index in [9.17, 15) is 13.2 Å². The summed E-state index contributed by atoms with van der Waals surface area (Å²) in [5, 5.41) is 4.78. The van der Waals surface area contributed by atoms with E-state index in [0.717, 1.165) is 4.88 Å². The molecule has 1 aromatic heterocycles. The Labute approximate surface area is 157 Å². The second kappa shape index (κ2) is 7.87. The number of thiophene rings is 1. The lowest BCUT2D eigenvalue weighted by molar-refractivity contribution is -0.0440. The van der Waals surface area contributed by atoms with Crippen molar-refractivity contribution < 1.29 is 17.9 Å². The lowest BCUT2D eigenvalue weighted by atomic mass is 10.2. The number of morpholine rings is 1. The van der Waals surface area contributed by atoms with Gasteiger partial charge in [-0.25, -0.2) is 8.42 Å². The number of carbonyl (C=O) groups is 1. The molecule has 2 unspecified atom stereocenters. The van der Waals surface area contributed by atoms with E-state index in [2.05, 4.69) is 5.32 Å². The monoisotopic (exact) mass is 394 g/mol. The fourth-order valence-electron chi connectivity index (χ4n) is 2.94. The molecule has 0 radical (unpaired) electrons. The molecule has 1 N–H and O–H groups in total. The molecule has 26 heavy (non-hydrogen) atoms. The van der Waals surface area contributed by atoms with E-state index >= 15 is 0 Å². The zero-order valence-electron chi connectivity index (χ0n) is 14.7. The van der Waals surface area contributed by atoms with Gasteiger partial charge in [0.25, 0.3) is 5.91 Å². The second-order valence-corrected chi connectivity index (χ2v) is 9.34. The Balaban J connectivity index is 1.69. The van der Waals surface area contributed by atoms with Gasteiger partial charge < -0.3 is 10.1 Å². The Hall–Kier alpha value is -1.74. The van der Waals surface area contributed by atoms with Crippen LogP contribution in [0.25, 0.3) is 0 Å². The third kappa shape index (κ3) is 4.32. The van der Waals surface area contributed by atoms with E-state index in [0.29, 0.717) is 25.2 Å². The fourth-order valence-corrected chi connectivity index (χ4v) is 5.17. The van der Waals surface area contributed by atoms with Gasteiger partial charge in [0.1, 0.15) is 0 Å². The first-order valence-electron chi connectivity index (χ1n) is 8.42. The smallest absolute Gasteiger partial charge is 0.251 e. The van der Waals surface area contributed by atoms with E-state index in [1.165, 1.54) is 16.4 Å². The van der Waals surface area contributed by atoms with Crippen LogP contribution in [-0.4, -0.2) is 43.9 Å². The van der Waals surface area contributed by atoms with Crippen LogP contribution in [0.15, 0.2) is 46.7 Å². The van der Waals surface area contributed by atoms with Crippen molar-refractivity contribution in [2.75, 3.05) is 13.1 Å². The summed E-state index contributed by atoms with van der Waals surface area (Å²) in [7, 11) is -3.59. The lowest BCUT2D eigenvalue weighted by Gasteiger charge is -2.34. The van der Waals surface area contributed by atoms with Crippen LogP contribution in [0.1, 0.15) is 29.1 Å². The van der Waals surface area contributed by atoms with Gasteiger partial charge in [0, 0.05) is 23.5 Å². The molecule has 8 heteroatoms. The minimum Gasteiger partial charge on any atom is -0.373 e. The summed E-state index contributed by atoms with van der Waals surface area (Å²) in [5.74, 6) is -0.226. The summed E-state index contributed by atoms with van der Waals surface area (Å²) in [5.41, 5.74) is 0.434. The standard InChI is InChI=1S/C18H22N2O4S2/c1-13-11-20(12-14(2)24-13)26(22,23)17-7-5-15(6-8-17)18(21)19-10-16-4-3-9-25-16/h3-9,13-14H,10-12H2,1-2H3,(H,19,21). The van der Waals surface area contributed by atoms with Crippen LogP contribution in [0, 0.1) is 0 Å². The minimum absolute atomic E-state index is 0.143. The van der Waals surface area contributed by atoms with Gasteiger partial charge in [-0.2, -0.15) is 4.31 Å². The number of benzene rings is 1. The molecule has 140 valence electrons. The predicted molar refractivity (Wildman–Crippen MR) is 101 cm³/mol. The zero-order valence-corrected chi connectivity index (χ0v) is 16.3. The quantitative estimate of drug-likeness (QED) is 0.845. The SMILES string of the molecule is CC1CN(S(=O)(=O)c2ccc(C(=O)NCc3cccs3)cc2)CC(C)O1. The number of nitrogens with zero attached hydrogens (tertiary/aromatic N) is 1. The summed E-state index contributed by atoms with van der Waals surface area (Å²) in [6.07, 6.45) is -0.286. The van der Waals surface area contributed by atoms with Crippen molar-refractivity contribution in [2.24, 2.45) is 0 Å². The molecule has 1 aromatic carbocycles. The Kier molecular flexibility index (Phi) is 5.76. The van der Waals surface area contributed by atoms with E-state index in [4.69, 9.17) is 4.74 Å². The first-order valence-corrected chi connectivity index (χ1v) is 10.7. The van der Waals surface area contributed by atoms with Gasteiger partial charge in [-0.15, -0.1) is 11.3 Å². The number of hydrogen-bond donors (Lipinski definition) is 1. The summed E-state index contributed by atoms with van der Waals surface area (Å²) in [6.45, 7) is 4.84. The highest BCUT2D eigenvalue weighted by atomic mass is 32.2. The third-order valence-electron chi connectivity index (χ3n) is 4.14. The van der Waals surface area contributed by atoms with E-state index in [1.54, 1.807) is 23.5 Å². The summed E-state index contributed by atoms with van der Waals surface area (Å²) >= 11 is 1.57. The summed E-state index contributed by atoms with van der Waals surface area (Å²) in [4.78, 5) is 13.5. The molecule has 1 amide bonds. The molecule has 3 rings (SSSR count). The topological polar surface area (TPSA) is 75.7 Å². The van der Waals surface area contributed by atoms with Crippen molar-refractivity contribution in [1.29, 1.82) is 0 Å². The van der Waals surface area contributed by atoms with Gasteiger partial charge in [-0.05, 0) is 49.6 Å². The van der Waals surface area contributed by atoms with Crippen molar-refractivity contribution in [3.63, 3.8) is 0 Å². The Bertz CT molecular complexity index is 838. The molecule has 1 aliphatic rings. The van der Waals surface area contributed by atoms with Crippen molar-refractivity contribution in [1.82, 2.24) is 9.62 Å². The zero-order chi connectivity index (χ0) is 18.7. The maximum Gasteiger partial charge on any atom is 0.251 e. The van der Waals surface area contributed by atoms with Crippen LogP contribution in [0.5, 0.6) is 0 Å². The molecule has 2 aromatic rings. The van der Waals surface area contributed by atoms with Crippen LogP contribution in [-0.2, 0) is 21.3 Å². The van der Waals surface area contributed by atoms with Crippen molar-refractivity contribution in [3.8, 4) is 0 Å². The van der Waals surface area contributed by atoms with Crippen LogP contribution in [0.2, 0.25) is 0 Å². The third-order valence-corrected chi connectivity index (χ3v) is 6.87. The summed E-state index contributed by atoms with van der Waals surface area (Å²) in [6, 6.07) is 9.94. The van der Waals surface area contributed by atoms with Crippen molar-refractivity contribution in [2.45, 2.75) is 37.5 Å². The number of rotatable bonds is 5. The van der Waals surface area contributed by atoms with E-state index < -0.39 is 10.0 Å². The molecule has 0 spiro atoms. The van der Waals surface area contributed by atoms with Gasteiger partial charge in [0.05, 0.1) is 23.6 Å². The molecule has 2 heterocycles. The highest BCUT2D eigenvalue weighted by molar-refractivity contribution is 7.89. The Morgan fingerprint density at radius 3 is 2.42 bits per heavy atom. The Morgan fingerprint density at radius 2 is 1.85 bits per heavy atom. The molecular weight excluding hydrogens is 372 g/mol. The van der Waals surface area contributed by atoms with Crippen LogP contribution < -0.4 is 5.32 Å². The number of hydrogen-bond acceptors (Lipinski definition) is 5. The molecule has 0 saturated carbocycles. The summed E-state index contributed by atoms with van der Waals surface area (Å²) < 4.78 is 32.7. The lowest BCUT2D eigenvalue weighted by Crippen LogP contribution is -2.48. The molecular formula is C18H22N2O4S2. The molecule has 1 saturated heterocycles. The number of sulfonamides is 1. The largest absolute Gasteiger partial charge is 0.373 e. The molecule has 2 atom stereocenters. The maximum absolute atomic E-state index is 12.8. The fraction of sp³-hybridized carbons (Fsp3) is 0.389. The number of amides is 1. The number of nitrogens with one attached hydrogen (secondary N) is 1. The number of ether oxygens (including phenoxy) is 1. The van der Waals surface area contributed by atoms with Crippen molar-refractivity contribution >= 4 is 27.3 Å². The van der Waals surface area contributed by atoms with Gasteiger partial charge in [0.15, 0.2) is 0 Å². The van der Waals surface area contributed by atoms with E-state index in [-0.39, 0.29) is 23.0 Å². The highest BCUT2D eigenvalue weighted by Gasteiger charge is 2.32. The molecule has 0 aliphatic carbocycles. The average molecular weight is 395 g/mol. The van der Waals surface area contributed by atoms with Gasteiger partial charge in [-0.1, -0.05) is 6.07 Å². The van der Waals surface area contributed by atoms with Gasteiger partial charge in [0.2, 0.25) is 10.0 Å². The molecule has 6 nitrogen and oxygen atoms in total. The molecule has 1 aliphatic heterocycles. The first kappa shape index (κ1) is 19.0. The van der Waals surface area contributed by atoms with Crippen LogP contribution >= 0.6 is 11.3 Å². The predicted octanol–water partition coefficient (Wildman–Crippen LogP) is 2.48. The molecule has 0 bridgehead atoms. The molecule has 1 fully saturated rings. The van der Waals surface area contributed by atoms with E-state index in [1.807, 2.05) is 31.4 Å². The van der Waals surface area contributed by atoms with Crippen LogP contribution in [0.4, 0.5) is 0 Å². The average Bonchev–Trinajstić information content (AvgIpc) is 3.12. The maximum atomic E-state index is 12.8. The minimum atomic E-state index is -3.59. The normalized spacial score (nSPS) is 21.5. The van der Waals surface area contributed by atoms with Gasteiger partial charge >= 0.3 is 0 Å². The highest BCUT2D eigenvalue weighted by Crippen LogP contribution is 2.21. The van der Waals surface area contributed by atoms with Crippen molar-refractivity contribution in [3.05, 3.63) is 52.2 Å². The van der Waals surface area contributed by atoms with Crippen LogP contribution in [0.3, 0.4) is 0 Å². The number of carbonyl (C=O) groups excluding carboxylic acids is 1. The first-order chi connectivity index (χ1) is 12.4.